The summed E-state index contributed by atoms with van der Waals surface area (Å²) >= 11 is 0. The lowest BCUT2D eigenvalue weighted by molar-refractivity contribution is 0.516. The fraction of sp³-hybridized carbons (Fsp3) is 1.00. The molecule has 0 saturated heterocycles. The molecule has 0 radical (unpaired) electrons. The van der Waals surface area contributed by atoms with Crippen LogP contribution in [0.15, 0.2) is 0 Å². The van der Waals surface area contributed by atoms with Crippen LogP contribution in [0.3, 0.4) is 0 Å². The summed E-state index contributed by atoms with van der Waals surface area (Å²) in [6.07, 6.45) is 42.5. The Morgan fingerprint density at radius 1 is 0.216 bits per heavy atom. The van der Waals surface area contributed by atoms with Gasteiger partial charge in [0, 0.05) is 0 Å². The second-order valence-corrected chi connectivity index (χ2v) is 11.9. The number of nitrogens with two attached hydrogens (primary N) is 2. The van der Waals surface area contributed by atoms with Gasteiger partial charge in [0.05, 0.1) is 0 Å². The minimum atomic E-state index is 0.870. The summed E-state index contributed by atoms with van der Waals surface area (Å²) in [6, 6.07) is 0. The molecular weight excluding hydrogens is 450 g/mol. The molecule has 0 heterocycles. The Kier molecular flexibility index (Phi) is 35.8. The predicted molar refractivity (Wildman–Crippen MR) is 169 cm³/mol. The van der Waals surface area contributed by atoms with E-state index in [1.54, 1.807) is 0 Å². The first-order chi connectivity index (χ1) is 18.4. The largest absolute Gasteiger partial charge is 0.330 e. The SMILES string of the molecule is NCCCCCCCCCCCCCCCCCNCCCCCCCCCCCCCCCCCN. The number of hydrogen-bond acceptors (Lipinski definition) is 3. The molecule has 0 fully saturated rings. The van der Waals surface area contributed by atoms with E-state index in [0.717, 1.165) is 13.1 Å². The van der Waals surface area contributed by atoms with Crippen LogP contribution in [0.5, 0.6) is 0 Å². The fourth-order valence-electron chi connectivity index (χ4n) is 5.51. The van der Waals surface area contributed by atoms with Crippen LogP contribution in [0.1, 0.15) is 193 Å². The Morgan fingerprint density at radius 3 is 0.568 bits per heavy atom. The normalized spacial score (nSPS) is 11.5. The minimum Gasteiger partial charge on any atom is -0.330 e. The van der Waals surface area contributed by atoms with Gasteiger partial charge in [-0.1, -0.05) is 167 Å². The standard InChI is InChI=1S/C34H73N3/c35-31-27-23-19-15-11-7-3-1-5-9-13-17-21-25-29-33-37-34-30-26-22-18-14-10-6-2-4-8-12-16-20-24-28-32-36/h37H,1-36H2. The first-order valence-electron chi connectivity index (χ1n) is 17.5. The van der Waals surface area contributed by atoms with Crippen LogP contribution in [-0.4, -0.2) is 26.2 Å². The van der Waals surface area contributed by atoms with Crippen LogP contribution in [0.2, 0.25) is 0 Å². The van der Waals surface area contributed by atoms with E-state index in [0.29, 0.717) is 0 Å². The maximum Gasteiger partial charge on any atom is -0.00489 e. The first kappa shape index (κ1) is 36.9. The molecule has 0 saturated carbocycles. The molecule has 224 valence electrons. The fourth-order valence-corrected chi connectivity index (χ4v) is 5.51. The monoisotopic (exact) mass is 524 g/mol. The zero-order chi connectivity index (χ0) is 26.7. The molecule has 5 N–H and O–H groups in total. The molecule has 0 spiro atoms. The molecule has 0 unspecified atom stereocenters. The molecule has 0 aliphatic heterocycles. The van der Waals surface area contributed by atoms with Crippen LogP contribution in [0.4, 0.5) is 0 Å². The Bertz CT molecular complexity index is 340. The third-order valence-electron chi connectivity index (χ3n) is 8.12. The highest BCUT2D eigenvalue weighted by atomic mass is 14.8. The first-order valence-corrected chi connectivity index (χ1v) is 17.5. The topological polar surface area (TPSA) is 64.1 Å². The molecule has 0 aromatic rings. The van der Waals surface area contributed by atoms with Gasteiger partial charge in [0.2, 0.25) is 0 Å². The lowest BCUT2D eigenvalue weighted by atomic mass is 10.0. The number of unbranched alkanes of at least 4 members (excludes halogenated alkanes) is 28. The van der Waals surface area contributed by atoms with Crippen molar-refractivity contribution < 1.29 is 0 Å². The lowest BCUT2D eigenvalue weighted by Crippen LogP contribution is -2.16. The summed E-state index contributed by atoms with van der Waals surface area (Å²) in [7, 11) is 0. The summed E-state index contributed by atoms with van der Waals surface area (Å²) in [5.41, 5.74) is 11.1. The Labute approximate surface area is 235 Å². The van der Waals surface area contributed by atoms with E-state index in [2.05, 4.69) is 5.32 Å². The van der Waals surface area contributed by atoms with Gasteiger partial charge in [-0.05, 0) is 51.9 Å². The van der Waals surface area contributed by atoms with E-state index >= 15 is 0 Å². The van der Waals surface area contributed by atoms with Gasteiger partial charge in [-0.25, -0.2) is 0 Å². The van der Waals surface area contributed by atoms with Gasteiger partial charge in [-0.3, -0.25) is 0 Å². The third-order valence-corrected chi connectivity index (χ3v) is 8.12. The third kappa shape index (κ3) is 35.9. The van der Waals surface area contributed by atoms with E-state index in [4.69, 9.17) is 11.5 Å². The molecule has 0 aromatic heterocycles. The molecular formula is C34H73N3. The molecule has 0 aliphatic rings. The molecule has 0 aliphatic carbocycles. The zero-order valence-corrected chi connectivity index (χ0v) is 25.7. The average molecular weight is 524 g/mol. The average Bonchev–Trinajstić information content (AvgIpc) is 2.91. The van der Waals surface area contributed by atoms with Crippen molar-refractivity contribution in [1.29, 1.82) is 0 Å². The van der Waals surface area contributed by atoms with Crippen molar-refractivity contribution in [3.63, 3.8) is 0 Å². The summed E-state index contributed by atoms with van der Waals surface area (Å²) < 4.78 is 0. The Hall–Kier alpha value is -0.120. The van der Waals surface area contributed by atoms with Gasteiger partial charge >= 0.3 is 0 Å². The van der Waals surface area contributed by atoms with Gasteiger partial charge in [0.25, 0.3) is 0 Å². The van der Waals surface area contributed by atoms with Crippen molar-refractivity contribution in [2.24, 2.45) is 11.5 Å². The summed E-state index contributed by atoms with van der Waals surface area (Å²) in [6.45, 7) is 4.21. The van der Waals surface area contributed by atoms with Crippen molar-refractivity contribution in [1.82, 2.24) is 5.32 Å². The molecule has 3 nitrogen and oxygen atoms in total. The molecule has 0 aromatic carbocycles. The van der Waals surface area contributed by atoms with Gasteiger partial charge < -0.3 is 16.8 Å². The van der Waals surface area contributed by atoms with Crippen molar-refractivity contribution in [2.75, 3.05) is 26.2 Å². The molecule has 0 amide bonds. The maximum atomic E-state index is 5.54. The smallest absolute Gasteiger partial charge is 0.00489 e. The van der Waals surface area contributed by atoms with Gasteiger partial charge in [-0.2, -0.15) is 0 Å². The van der Waals surface area contributed by atoms with Crippen molar-refractivity contribution in [2.45, 2.75) is 193 Å². The number of nitrogens with one attached hydrogen (secondary N) is 1. The van der Waals surface area contributed by atoms with E-state index in [1.807, 2.05) is 0 Å². The number of hydrogen-bond donors (Lipinski definition) is 3. The zero-order valence-electron chi connectivity index (χ0n) is 25.7. The molecule has 0 rings (SSSR count). The quantitative estimate of drug-likeness (QED) is 0.0735. The van der Waals surface area contributed by atoms with Crippen LogP contribution in [0, 0.1) is 0 Å². The molecule has 37 heavy (non-hydrogen) atoms. The van der Waals surface area contributed by atoms with Crippen molar-refractivity contribution in [3.8, 4) is 0 Å². The van der Waals surface area contributed by atoms with Crippen molar-refractivity contribution in [3.05, 3.63) is 0 Å². The molecule has 3 heteroatoms. The maximum absolute atomic E-state index is 5.54. The van der Waals surface area contributed by atoms with E-state index in [9.17, 15) is 0 Å². The minimum absolute atomic E-state index is 0.870. The molecule has 0 atom stereocenters. The van der Waals surface area contributed by atoms with E-state index in [1.165, 1.54) is 206 Å². The van der Waals surface area contributed by atoms with Crippen LogP contribution in [0.25, 0.3) is 0 Å². The second-order valence-electron chi connectivity index (χ2n) is 11.9. The highest BCUT2D eigenvalue weighted by molar-refractivity contribution is 4.54. The Morgan fingerprint density at radius 2 is 0.378 bits per heavy atom. The van der Waals surface area contributed by atoms with E-state index in [-0.39, 0.29) is 0 Å². The van der Waals surface area contributed by atoms with Crippen molar-refractivity contribution >= 4 is 0 Å². The number of rotatable bonds is 34. The van der Waals surface area contributed by atoms with Gasteiger partial charge in [0.15, 0.2) is 0 Å². The lowest BCUT2D eigenvalue weighted by Gasteiger charge is -2.06. The van der Waals surface area contributed by atoms with E-state index < -0.39 is 0 Å². The molecule has 0 bridgehead atoms. The second kappa shape index (κ2) is 35.9. The summed E-state index contributed by atoms with van der Waals surface area (Å²) in [4.78, 5) is 0. The van der Waals surface area contributed by atoms with Gasteiger partial charge in [0.1, 0.15) is 0 Å². The highest BCUT2D eigenvalue weighted by Crippen LogP contribution is 2.14. The Balaban J connectivity index is 3.00. The van der Waals surface area contributed by atoms with Crippen LogP contribution in [-0.2, 0) is 0 Å². The van der Waals surface area contributed by atoms with Gasteiger partial charge in [-0.15, -0.1) is 0 Å². The highest BCUT2D eigenvalue weighted by Gasteiger charge is 1.97. The van der Waals surface area contributed by atoms with Crippen LogP contribution >= 0.6 is 0 Å². The summed E-state index contributed by atoms with van der Waals surface area (Å²) in [5.74, 6) is 0. The summed E-state index contributed by atoms with van der Waals surface area (Å²) in [5, 5.41) is 3.67. The van der Waals surface area contributed by atoms with Crippen LogP contribution < -0.4 is 16.8 Å². The predicted octanol–water partition coefficient (Wildman–Crippen LogP) is 10.2.